The van der Waals surface area contributed by atoms with E-state index >= 15 is 0 Å². The Kier molecular flexibility index (Phi) is 5.84. The van der Waals surface area contributed by atoms with Gasteiger partial charge in [0.1, 0.15) is 22.8 Å². The highest BCUT2D eigenvalue weighted by molar-refractivity contribution is 5.79. The topological polar surface area (TPSA) is 87.0 Å². The zero-order valence-electron chi connectivity index (χ0n) is 15.9. The van der Waals surface area contributed by atoms with Crippen LogP contribution in [0.3, 0.4) is 0 Å². The largest absolute Gasteiger partial charge is 0.497 e. The van der Waals surface area contributed by atoms with Crippen LogP contribution in [0.1, 0.15) is 18.5 Å². The Hall–Kier alpha value is -3.48. The molecule has 1 N–H and O–H groups in total. The van der Waals surface area contributed by atoms with E-state index in [1.807, 2.05) is 13.0 Å². The van der Waals surface area contributed by atoms with E-state index in [-0.39, 0.29) is 18.6 Å². The number of carbonyl (C=O) groups is 1. The third kappa shape index (κ3) is 4.43. The summed E-state index contributed by atoms with van der Waals surface area (Å²) in [6.07, 6.45) is 0. The van der Waals surface area contributed by atoms with Gasteiger partial charge >= 0.3 is 5.63 Å². The lowest BCUT2D eigenvalue weighted by atomic mass is 10.1. The van der Waals surface area contributed by atoms with Crippen LogP contribution in [-0.4, -0.2) is 26.7 Å². The summed E-state index contributed by atoms with van der Waals surface area (Å²) in [5, 5.41) is 3.64. The van der Waals surface area contributed by atoms with E-state index in [0.29, 0.717) is 22.8 Å². The van der Waals surface area contributed by atoms with Crippen LogP contribution in [-0.2, 0) is 4.79 Å². The second-order valence-electron chi connectivity index (χ2n) is 6.14. The molecule has 3 rings (SSSR count). The van der Waals surface area contributed by atoms with Crippen LogP contribution in [0.2, 0.25) is 0 Å². The smallest absolute Gasteiger partial charge is 0.336 e. The van der Waals surface area contributed by atoms with Crippen LogP contribution in [0.25, 0.3) is 11.0 Å². The second kappa shape index (κ2) is 8.47. The summed E-state index contributed by atoms with van der Waals surface area (Å²) >= 11 is 0. The van der Waals surface area contributed by atoms with Gasteiger partial charge in [0, 0.05) is 23.1 Å². The minimum atomic E-state index is -0.441. The molecule has 0 spiro atoms. The minimum Gasteiger partial charge on any atom is -0.497 e. The Morgan fingerprint density at radius 2 is 1.79 bits per heavy atom. The Morgan fingerprint density at radius 1 is 1.04 bits per heavy atom. The molecule has 0 aliphatic carbocycles. The highest BCUT2D eigenvalue weighted by Crippen LogP contribution is 2.29. The molecule has 0 fully saturated rings. The summed E-state index contributed by atoms with van der Waals surface area (Å²) in [5.41, 5.74) is 0.756. The molecule has 7 nitrogen and oxygen atoms in total. The summed E-state index contributed by atoms with van der Waals surface area (Å²) in [5.74, 6) is 1.46. The van der Waals surface area contributed by atoms with Crippen LogP contribution in [0.4, 0.5) is 0 Å². The molecule has 0 saturated carbocycles. The number of fused-ring (bicyclic) bond motifs is 1. The number of carbonyl (C=O) groups excluding carboxylic acids is 1. The van der Waals surface area contributed by atoms with Crippen molar-refractivity contribution in [1.29, 1.82) is 0 Å². The number of hydrogen-bond acceptors (Lipinski definition) is 6. The Bertz CT molecular complexity index is 1040. The lowest BCUT2D eigenvalue weighted by Gasteiger charge is -2.18. The first-order valence-electron chi connectivity index (χ1n) is 8.68. The molecule has 3 aromatic rings. The van der Waals surface area contributed by atoms with Gasteiger partial charge in [0.2, 0.25) is 0 Å². The van der Waals surface area contributed by atoms with Crippen LogP contribution in [0, 0.1) is 0 Å². The fraction of sp³-hybridized carbons (Fsp3) is 0.238. The van der Waals surface area contributed by atoms with E-state index in [9.17, 15) is 9.59 Å². The summed E-state index contributed by atoms with van der Waals surface area (Å²) in [6, 6.07) is 13.2. The van der Waals surface area contributed by atoms with Gasteiger partial charge in [-0.05, 0) is 43.3 Å². The number of amides is 1. The summed E-state index contributed by atoms with van der Waals surface area (Å²) in [6.45, 7) is 1.67. The normalized spacial score (nSPS) is 11.7. The molecule has 1 amide bonds. The van der Waals surface area contributed by atoms with Crippen molar-refractivity contribution in [3.05, 3.63) is 64.5 Å². The summed E-state index contributed by atoms with van der Waals surface area (Å²) in [7, 11) is 3.15. The van der Waals surface area contributed by atoms with Gasteiger partial charge in [-0.1, -0.05) is 0 Å². The molecule has 0 bridgehead atoms. The van der Waals surface area contributed by atoms with Gasteiger partial charge in [0.25, 0.3) is 5.91 Å². The fourth-order valence-corrected chi connectivity index (χ4v) is 2.82. The number of methoxy groups -OCH3 is 2. The molecule has 1 atom stereocenters. The van der Waals surface area contributed by atoms with Crippen molar-refractivity contribution in [3.8, 4) is 17.2 Å². The van der Waals surface area contributed by atoms with E-state index in [1.54, 1.807) is 50.6 Å². The van der Waals surface area contributed by atoms with E-state index in [4.69, 9.17) is 18.6 Å². The van der Waals surface area contributed by atoms with Crippen LogP contribution in [0.5, 0.6) is 17.2 Å². The van der Waals surface area contributed by atoms with Gasteiger partial charge in [-0.15, -0.1) is 0 Å². The zero-order chi connectivity index (χ0) is 20.1. The first-order valence-corrected chi connectivity index (χ1v) is 8.68. The van der Waals surface area contributed by atoms with Crippen molar-refractivity contribution in [2.45, 2.75) is 13.0 Å². The Morgan fingerprint density at radius 3 is 2.54 bits per heavy atom. The van der Waals surface area contributed by atoms with Gasteiger partial charge in [-0.25, -0.2) is 4.79 Å². The molecule has 0 radical (unpaired) electrons. The van der Waals surface area contributed by atoms with Crippen molar-refractivity contribution < 1.29 is 23.4 Å². The van der Waals surface area contributed by atoms with Gasteiger partial charge in [-0.2, -0.15) is 0 Å². The average molecular weight is 383 g/mol. The number of benzene rings is 2. The van der Waals surface area contributed by atoms with Crippen molar-refractivity contribution in [1.82, 2.24) is 5.32 Å². The lowest BCUT2D eigenvalue weighted by Crippen LogP contribution is -2.31. The first kappa shape index (κ1) is 19.3. The maximum Gasteiger partial charge on any atom is 0.336 e. The zero-order valence-corrected chi connectivity index (χ0v) is 15.9. The van der Waals surface area contributed by atoms with Crippen molar-refractivity contribution in [2.75, 3.05) is 20.8 Å². The number of hydrogen-bond donors (Lipinski definition) is 1. The van der Waals surface area contributed by atoms with Gasteiger partial charge < -0.3 is 23.9 Å². The monoisotopic (exact) mass is 383 g/mol. The molecule has 0 aliphatic rings. The molecule has 0 unspecified atom stereocenters. The van der Waals surface area contributed by atoms with Crippen molar-refractivity contribution in [2.24, 2.45) is 0 Å². The predicted octanol–water partition coefficient (Wildman–Crippen LogP) is 3.07. The van der Waals surface area contributed by atoms with Crippen LogP contribution in [0.15, 0.2) is 57.7 Å². The maximum atomic E-state index is 12.3. The quantitative estimate of drug-likeness (QED) is 0.631. The number of ether oxygens (including phenoxy) is 3. The van der Waals surface area contributed by atoms with Gasteiger partial charge in [0.05, 0.1) is 20.3 Å². The molecule has 1 heterocycles. The van der Waals surface area contributed by atoms with Crippen LogP contribution >= 0.6 is 0 Å². The van der Waals surface area contributed by atoms with E-state index < -0.39 is 5.63 Å². The van der Waals surface area contributed by atoms with Gasteiger partial charge in [-0.3, -0.25) is 4.79 Å². The van der Waals surface area contributed by atoms with Crippen molar-refractivity contribution >= 4 is 16.9 Å². The SMILES string of the molecule is COc1ccc(OC)c([C@H](C)NC(=O)COc2ccc3ccc(=O)oc3c2)c1. The standard InChI is InChI=1S/C21H21NO6/c1-13(17-10-15(25-2)7-8-18(17)26-3)22-20(23)12-27-16-6-4-14-5-9-21(24)28-19(14)11-16/h4-11,13H,12H2,1-3H3,(H,22,23)/t13-/m0/s1. The predicted molar refractivity (Wildman–Crippen MR) is 104 cm³/mol. The molecule has 28 heavy (non-hydrogen) atoms. The lowest BCUT2D eigenvalue weighted by molar-refractivity contribution is -0.123. The molecular weight excluding hydrogens is 362 g/mol. The number of rotatable bonds is 7. The maximum absolute atomic E-state index is 12.3. The third-order valence-corrected chi connectivity index (χ3v) is 4.25. The second-order valence-corrected chi connectivity index (χ2v) is 6.14. The average Bonchev–Trinajstić information content (AvgIpc) is 2.71. The highest BCUT2D eigenvalue weighted by Gasteiger charge is 2.15. The summed E-state index contributed by atoms with van der Waals surface area (Å²) in [4.78, 5) is 23.6. The molecule has 146 valence electrons. The van der Waals surface area contributed by atoms with E-state index in [0.717, 1.165) is 10.9 Å². The van der Waals surface area contributed by atoms with Gasteiger partial charge in [0.15, 0.2) is 6.61 Å². The summed E-state index contributed by atoms with van der Waals surface area (Å²) < 4.78 is 21.2. The Balaban J connectivity index is 1.65. The molecular formula is C21H21NO6. The van der Waals surface area contributed by atoms with Crippen LogP contribution < -0.4 is 25.2 Å². The molecule has 1 aromatic heterocycles. The fourth-order valence-electron chi connectivity index (χ4n) is 2.82. The minimum absolute atomic E-state index is 0.181. The highest BCUT2D eigenvalue weighted by atomic mass is 16.5. The molecule has 0 saturated heterocycles. The molecule has 0 aliphatic heterocycles. The Labute approximate surface area is 161 Å². The third-order valence-electron chi connectivity index (χ3n) is 4.25. The molecule has 7 heteroatoms. The number of nitrogens with one attached hydrogen (secondary N) is 1. The van der Waals surface area contributed by atoms with E-state index in [2.05, 4.69) is 5.32 Å². The molecule has 2 aromatic carbocycles. The van der Waals surface area contributed by atoms with Crippen molar-refractivity contribution in [3.63, 3.8) is 0 Å². The van der Waals surface area contributed by atoms with E-state index in [1.165, 1.54) is 6.07 Å². The first-order chi connectivity index (χ1) is 13.5.